The summed E-state index contributed by atoms with van der Waals surface area (Å²) in [6.45, 7) is 5.79. The Hall–Kier alpha value is -0.610. The summed E-state index contributed by atoms with van der Waals surface area (Å²) in [4.78, 5) is 13.4. The number of carbonyl (C=O) groups is 1. The first-order chi connectivity index (χ1) is 6.88. The van der Waals surface area contributed by atoms with E-state index < -0.39 is 17.0 Å². The van der Waals surface area contributed by atoms with Gasteiger partial charge in [-0.3, -0.25) is 4.79 Å². The molecule has 3 fully saturated rings. The van der Waals surface area contributed by atoms with Crippen LogP contribution in [0.15, 0.2) is 0 Å². The van der Waals surface area contributed by atoms with Gasteiger partial charge < -0.3 is 15.1 Å². The van der Waals surface area contributed by atoms with Gasteiger partial charge in [0.15, 0.2) is 0 Å². The Morgan fingerprint density at radius 2 is 1.93 bits per heavy atom. The molecule has 3 saturated heterocycles. The summed E-state index contributed by atoms with van der Waals surface area (Å²) in [6, 6.07) is 0. The fourth-order valence-electron chi connectivity index (χ4n) is 2.93. The van der Waals surface area contributed by atoms with Gasteiger partial charge in [0.2, 0.25) is 0 Å². The van der Waals surface area contributed by atoms with Crippen molar-refractivity contribution in [3.8, 4) is 0 Å². The number of piperidine rings is 3. The standard InChI is InChI=1S/C11H19NO3/c1-10(2,9(13)14)11(15)7-12-5-3-8(11)4-6-12/h8,15H,3-7H2,1-2H3,(H,13,14). The molecule has 1 unspecified atom stereocenters. The Balaban J connectivity index is 2.30. The zero-order valence-electron chi connectivity index (χ0n) is 9.36. The van der Waals surface area contributed by atoms with Crippen LogP contribution in [-0.2, 0) is 4.79 Å². The van der Waals surface area contributed by atoms with Crippen molar-refractivity contribution in [1.29, 1.82) is 0 Å². The molecule has 3 aliphatic heterocycles. The highest BCUT2D eigenvalue weighted by molar-refractivity contribution is 5.75. The molecule has 2 bridgehead atoms. The number of carboxylic acid groups (broad SMARTS) is 1. The molecular weight excluding hydrogens is 194 g/mol. The van der Waals surface area contributed by atoms with Gasteiger partial charge in [-0.1, -0.05) is 0 Å². The molecule has 0 aromatic heterocycles. The molecule has 2 N–H and O–H groups in total. The molecule has 0 saturated carbocycles. The van der Waals surface area contributed by atoms with Crippen molar-refractivity contribution < 1.29 is 15.0 Å². The van der Waals surface area contributed by atoms with Crippen LogP contribution in [0.3, 0.4) is 0 Å². The fourth-order valence-corrected chi connectivity index (χ4v) is 2.93. The van der Waals surface area contributed by atoms with Crippen molar-refractivity contribution in [3.63, 3.8) is 0 Å². The van der Waals surface area contributed by atoms with Gasteiger partial charge in [-0.05, 0) is 45.7 Å². The van der Waals surface area contributed by atoms with Crippen LogP contribution in [0.5, 0.6) is 0 Å². The number of fused-ring (bicyclic) bond motifs is 3. The Labute approximate surface area is 89.9 Å². The van der Waals surface area contributed by atoms with Gasteiger partial charge in [0, 0.05) is 6.54 Å². The zero-order valence-corrected chi connectivity index (χ0v) is 9.36. The molecule has 4 heteroatoms. The SMILES string of the molecule is CC(C)(C(=O)O)C1(O)CN2CCC1CC2. The van der Waals surface area contributed by atoms with Crippen molar-refractivity contribution in [1.82, 2.24) is 4.90 Å². The smallest absolute Gasteiger partial charge is 0.312 e. The lowest BCUT2D eigenvalue weighted by Crippen LogP contribution is -2.67. The molecule has 3 rings (SSSR count). The van der Waals surface area contributed by atoms with E-state index in [0.717, 1.165) is 25.9 Å². The molecule has 0 spiro atoms. The molecule has 0 radical (unpaired) electrons. The van der Waals surface area contributed by atoms with Crippen molar-refractivity contribution in [2.24, 2.45) is 11.3 Å². The average Bonchev–Trinajstić information content (AvgIpc) is 2.18. The van der Waals surface area contributed by atoms with Gasteiger partial charge in [-0.15, -0.1) is 0 Å². The summed E-state index contributed by atoms with van der Waals surface area (Å²) in [6.07, 6.45) is 1.85. The Morgan fingerprint density at radius 1 is 1.40 bits per heavy atom. The van der Waals surface area contributed by atoms with Crippen LogP contribution in [0, 0.1) is 11.3 Å². The first kappa shape index (κ1) is 10.9. The van der Waals surface area contributed by atoms with Gasteiger partial charge >= 0.3 is 5.97 Å². The van der Waals surface area contributed by atoms with Crippen LogP contribution in [0.1, 0.15) is 26.7 Å². The van der Waals surface area contributed by atoms with Crippen molar-refractivity contribution >= 4 is 5.97 Å². The van der Waals surface area contributed by atoms with Gasteiger partial charge in [0.1, 0.15) is 0 Å². The van der Waals surface area contributed by atoms with Gasteiger partial charge in [-0.2, -0.15) is 0 Å². The highest BCUT2D eigenvalue weighted by atomic mass is 16.4. The maximum atomic E-state index is 11.2. The number of hydrogen-bond donors (Lipinski definition) is 2. The second-order valence-corrected chi connectivity index (χ2v) is 5.40. The highest BCUT2D eigenvalue weighted by Crippen LogP contribution is 2.46. The van der Waals surface area contributed by atoms with E-state index in [0.29, 0.717) is 6.54 Å². The molecule has 3 heterocycles. The second kappa shape index (κ2) is 3.19. The zero-order chi connectivity index (χ0) is 11.3. The monoisotopic (exact) mass is 213 g/mol. The van der Waals surface area contributed by atoms with Crippen LogP contribution in [0.4, 0.5) is 0 Å². The number of aliphatic carboxylic acids is 1. The summed E-state index contributed by atoms with van der Waals surface area (Å²) < 4.78 is 0. The molecule has 15 heavy (non-hydrogen) atoms. The van der Waals surface area contributed by atoms with Gasteiger partial charge in [0.05, 0.1) is 11.0 Å². The molecule has 3 aliphatic rings. The molecule has 0 aliphatic carbocycles. The molecule has 4 nitrogen and oxygen atoms in total. The number of hydrogen-bond acceptors (Lipinski definition) is 3. The third kappa shape index (κ3) is 1.39. The lowest BCUT2D eigenvalue weighted by molar-refractivity contribution is -0.197. The van der Waals surface area contributed by atoms with E-state index in [1.807, 2.05) is 0 Å². The fraction of sp³-hybridized carbons (Fsp3) is 0.909. The maximum absolute atomic E-state index is 11.2. The molecule has 0 aromatic carbocycles. The topological polar surface area (TPSA) is 60.8 Å². The minimum atomic E-state index is -1.06. The van der Waals surface area contributed by atoms with Crippen LogP contribution < -0.4 is 0 Å². The lowest BCUT2D eigenvalue weighted by atomic mass is 9.62. The summed E-state index contributed by atoms with van der Waals surface area (Å²) in [7, 11) is 0. The normalized spacial score (nSPS) is 40.5. The minimum absolute atomic E-state index is 0.147. The lowest BCUT2D eigenvalue weighted by Gasteiger charge is -2.55. The largest absolute Gasteiger partial charge is 0.481 e. The third-order valence-corrected chi connectivity index (χ3v) is 4.34. The third-order valence-electron chi connectivity index (χ3n) is 4.34. The number of carboxylic acids is 1. The average molecular weight is 213 g/mol. The van der Waals surface area contributed by atoms with Crippen LogP contribution in [0.2, 0.25) is 0 Å². The predicted molar refractivity (Wildman–Crippen MR) is 55.5 cm³/mol. The minimum Gasteiger partial charge on any atom is -0.481 e. The van der Waals surface area contributed by atoms with E-state index in [1.54, 1.807) is 13.8 Å². The summed E-state index contributed by atoms with van der Waals surface area (Å²) in [5, 5.41) is 19.8. The number of aliphatic hydroxyl groups is 1. The Kier molecular flexibility index (Phi) is 2.32. The summed E-state index contributed by atoms with van der Waals surface area (Å²) >= 11 is 0. The molecular formula is C11H19NO3. The van der Waals surface area contributed by atoms with Crippen LogP contribution >= 0.6 is 0 Å². The van der Waals surface area contributed by atoms with E-state index in [1.165, 1.54) is 0 Å². The van der Waals surface area contributed by atoms with Crippen LogP contribution in [-0.4, -0.2) is 46.3 Å². The van der Waals surface area contributed by atoms with Gasteiger partial charge in [0.25, 0.3) is 0 Å². The summed E-state index contributed by atoms with van der Waals surface area (Å²) in [5.74, 6) is -0.757. The van der Waals surface area contributed by atoms with E-state index >= 15 is 0 Å². The van der Waals surface area contributed by atoms with Crippen molar-refractivity contribution in [3.05, 3.63) is 0 Å². The van der Waals surface area contributed by atoms with Crippen molar-refractivity contribution in [2.75, 3.05) is 19.6 Å². The van der Waals surface area contributed by atoms with Gasteiger partial charge in [-0.25, -0.2) is 0 Å². The highest BCUT2D eigenvalue weighted by Gasteiger charge is 2.57. The van der Waals surface area contributed by atoms with E-state index in [9.17, 15) is 15.0 Å². The van der Waals surface area contributed by atoms with E-state index in [4.69, 9.17) is 0 Å². The Morgan fingerprint density at radius 3 is 2.27 bits per heavy atom. The second-order valence-electron chi connectivity index (χ2n) is 5.40. The molecule has 0 amide bonds. The van der Waals surface area contributed by atoms with Crippen LogP contribution in [0.25, 0.3) is 0 Å². The maximum Gasteiger partial charge on any atom is 0.312 e. The first-order valence-electron chi connectivity index (χ1n) is 5.56. The Bertz CT molecular complexity index is 282. The summed E-state index contributed by atoms with van der Waals surface area (Å²) in [5.41, 5.74) is -2.12. The van der Waals surface area contributed by atoms with Crippen molar-refractivity contribution in [2.45, 2.75) is 32.3 Å². The number of rotatable bonds is 2. The van der Waals surface area contributed by atoms with E-state index in [-0.39, 0.29) is 5.92 Å². The molecule has 1 atom stereocenters. The van der Waals surface area contributed by atoms with E-state index in [2.05, 4.69) is 4.90 Å². The predicted octanol–water partition coefficient (Wildman–Crippen LogP) is 0.554. The molecule has 0 aromatic rings. The molecule has 86 valence electrons. The first-order valence-corrected chi connectivity index (χ1v) is 5.56. The quantitative estimate of drug-likeness (QED) is 0.703. The number of nitrogens with zero attached hydrogens (tertiary/aromatic N) is 1.